The highest BCUT2D eigenvalue weighted by atomic mass is 16.3. The molecule has 3 heteroatoms. The maximum Gasteiger partial charge on any atom is 0.0914 e. The number of hydrogen-bond donors (Lipinski definition) is 3. The van der Waals surface area contributed by atoms with E-state index in [1.807, 2.05) is 36.5 Å². The van der Waals surface area contributed by atoms with Gasteiger partial charge in [0, 0.05) is 30.2 Å². The zero-order chi connectivity index (χ0) is 14.7. The molecular formula is C18H20N2O. The molecule has 108 valence electrons. The fourth-order valence-corrected chi connectivity index (χ4v) is 2.58. The number of aliphatic hydroxyl groups is 1. The molecule has 0 aliphatic rings. The van der Waals surface area contributed by atoms with Gasteiger partial charge in [-0.25, -0.2) is 0 Å². The Hall–Kier alpha value is -2.10. The molecule has 0 aliphatic carbocycles. The number of rotatable bonds is 5. The maximum atomic E-state index is 10.1. The van der Waals surface area contributed by atoms with Gasteiger partial charge in [0.2, 0.25) is 0 Å². The number of H-pyrrole nitrogens is 1. The Kier molecular flexibility index (Phi) is 4.04. The summed E-state index contributed by atoms with van der Waals surface area (Å²) in [6, 6.07) is 16.1. The molecule has 0 spiro atoms. The summed E-state index contributed by atoms with van der Waals surface area (Å²) in [5, 5.41) is 14.7. The second-order valence-corrected chi connectivity index (χ2v) is 5.42. The topological polar surface area (TPSA) is 48.0 Å². The highest BCUT2D eigenvalue weighted by Crippen LogP contribution is 2.19. The standard InChI is InChI=1S/C18H20N2O/c1-13-7-8-17-16(9-13)15(11-20-17)10-19-12-18(21)14-5-3-2-4-6-14/h2-9,11,18-21H,10,12H2,1H3. The second-order valence-electron chi connectivity index (χ2n) is 5.42. The van der Waals surface area contributed by atoms with E-state index in [2.05, 4.69) is 35.4 Å². The number of fused-ring (bicyclic) bond motifs is 1. The molecule has 1 heterocycles. The first-order chi connectivity index (χ1) is 10.2. The summed E-state index contributed by atoms with van der Waals surface area (Å²) < 4.78 is 0. The van der Waals surface area contributed by atoms with Crippen molar-refractivity contribution in [2.45, 2.75) is 19.6 Å². The lowest BCUT2D eigenvalue weighted by atomic mass is 10.1. The number of hydrogen-bond acceptors (Lipinski definition) is 2. The van der Waals surface area contributed by atoms with Gasteiger partial charge in [-0.15, -0.1) is 0 Å². The Bertz CT molecular complexity index is 718. The number of benzene rings is 2. The van der Waals surface area contributed by atoms with Crippen LogP contribution in [0.15, 0.2) is 54.7 Å². The van der Waals surface area contributed by atoms with Gasteiger partial charge >= 0.3 is 0 Å². The lowest BCUT2D eigenvalue weighted by molar-refractivity contribution is 0.174. The third kappa shape index (κ3) is 3.15. The third-order valence-corrected chi connectivity index (χ3v) is 3.76. The summed E-state index contributed by atoms with van der Waals surface area (Å²) in [4.78, 5) is 3.28. The van der Waals surface area contributed by atoms with Crippen LogP contribution in [0.3, 0.4) is 0 Å². The molecule has 1 aromatic heterocycles. The first kappa shape index (κ1) is 13.9. The molecule has 3 N–H and O–H groups in total. The number of aromatic nitrogens is 1. The normalized spacial score (nSPS) is 12.7. The zero-order valence-electron chi connectivity index (χ0n) is 12.1. The predicted octanol–water partition coefficient (Wildman–Crippen LogP) is 3.30. The van der Waals surface area contributed by atoms with Crippen molar-refractivity contribution in [2.24, 2.45) is 0 Å². The van der Waals surface area contributed by atoms with Gasteiger partial charge in [-0.1, -0.05) is 42.0 Å². The van der Waals surface area contributed by atoms with E-state index in [4.69, 9.17) is 0 Å². The fourth-order valence-electron chi connectivity index (χ4n) is 2.58. The fraction of sp³-hybridized carbons (Fsp3) is 0.222. The van der Waals surface area contributed by atoms with Crippen molar-refractivity contribution in [2.75, 3.05) is 6.54 Å². The smallest absolute Gasteiger partial charge is 0.0914 e. The number of aromatic amines is 1. The maximum absolute atomic E-state index is 10.1. The molecule has 21 heavy (non-hydrogen) atoms. The van der Waals surface area contributed by atoms with Crippen molar-refractivity contribution < 1.29 is 5.11 Å². The van der Waals surface area contributed by atoms with Crippen LogP contribution in [0.25, 0.3) is 10.9 Å². The average molecular weight is 280 g/mol. The molecule has 1 unspecified atom stereocenters. The summed E-state index contributed by atoms with van der Waals surface area (Å²) in [6.45, 7) is 3.39. The van der Waals surface area contributed by atoms with E-state index in [0.717, 1.165) is 17.6 Å². The summed E-state index contributed by atoms with van der Waals surface area (Å²) in [5.74, 6) is 0. The molecule has 3 nitrogen and oxygen atoms in total. The van der Waals surface area contributed by atoms with Crippen molar-refractivity contribution in [3.8, 4) is 0 Å². The van der Waals surface area contributed by atoms with Gasteiger partial charge in [0.05, 0.1) is 6.10 Å². The van der Waals surface area contributed by atoms with Crippen molar-refractivity contribution in [3.05, 3.63) is 71.4 Å². The van der Waals surface area contributed by atoms with E-state index in [-0.39, 0.29) is 0 Å². The Labute approximate surface area is 124 Å². The first-order valence-corrected chi connectivity index (χ1v) is 7.24. The van der Waals surface area contributed by atoms with Crippen LogP contribution in [0.4, 0.5) is 0 Å². The monoisotopic (exact) mass is 280 g/mol. The quantitative estimate of drug-likeness (QED) is 0.671. The lowest BCUT2D eigenvalue weighted by Crippen LogP contribution is -2.20. The molecule has 0 saturated carbocycles. The molecule has 1 atom stereocenters. The molecule has 3 aromatic rings. The van der Waals surface area contributed by atoms with Crippen LogP contribution in [0, 0.1) is 6.92 Å². The summed E-state index contributed by atoms with van der Waals surface area (Å²) >= 11 is 0. The van der Waals surface area contributed by atoms with E-state index in [0.29, 0.717) is 6.54 Å². The molecule has 0 amide bonds. The number of nitrogens with one attached hydrogen (secondary N) is 2. The van der Waals surface area contributed by atoms with Crippen LogP contribution in [-0.2, 0) is 6.54 Å². The van der Waals surface area contributed by atoms with Crippen LogP contribution >= 0.6 is 0 Å². The summed E-state index contributed by atoms with van der Waals surface area (Å²) in [7, 11) is 0. The van der Waals surface area contributed by atoms with Crippen molar-refractivity contribution in [3.63, 3.8) is 0 Å². The molecule has 0 aliphatic heterocycles. The molecule has 2 aromatic carbocycles. The summed E-state index contributed by atoms with van der Waals surface area (Å²) in [5.41, 5.74) is 4.59. The van der Waals surface area contributed by atoms with Crippen LogP contribution < -0.4 is 5.32 Å². The van der Waals surface area contributed by atoms with Crippen LogP contribution in [0.2, 0.25) is 0 Å². The summed E-state index contributed by atoms with van der Waals surface area (Å²) in [6.07, 6.45) is 1.56. The molecule has 3 rings (SSSR count). The second kappa shape index (κ2) is 6.12. The van der Waals surface area contributed by atoms with E-state index < -0.39 is 6.10 Å². The van der Waals surface area contributed by atoms with Gasteiger partial charge in [-0.2, -0.15) is 0 Å². The van der Waals surface area contributed by atoms with Crippen molar-refractivity contribution in [1.82, 2.24) is 10.3 Å². The van der Waals surface area contributed by atoms with Crippen molar-refractivity contribution >= 4 is 10.9 Å². The highest BCUT2D eigenvalue weighted by molar-refractivity contribution is 5.83. The average Bonchev–Trinajstić information content (AvgIpc) is 2.90. The van der Waals surface area contributed by atoms with Gasteiger partial charge in [0.1, 0.15) is 0 Å². The third-order valence-electron chi connectivity index (χ3n) is 3.76. The van der Waals surface area contributed by atoms with E-state index >= 15 is 0 Å². The van der Waals surface area contributed by atoms with E-state index in [1.165, 1.54) is 16.5 Å². The van der Waals surface area contributed by atoms with E-state index in [9.17, 15) is 5.11 Å². The molecule has 0 radical (unpaired) electrons. The predicted molar refractivity (Wildman–Crippen MR) is 86.1 cm³/mol. The van der Waals surface area contributed by atoms with Gasteiger partial charge in [0.15, 0.2) is 0 Å². The van der Waals surface area contributed by atoms with Crippen LogP contribution in [0.5, 0.6) is 0 Å². The molecule has 0 saturated heterocycles. The lowest BCUT2D eigenvalue weighted by Gasteiger charge is -2.11. The van der Waals surface area contributed by atoms with Gasteiger partial charge in [-0.05, 0) is 30.2 Å². The van der Waals surface area contributed by atoms with Crippen molar-refractivity contribution in [1.29, 1.82) is 0 Å². The van der Waals surface area contributed by atoms with Gasteiger partial charge in [0.25, 0.3) is 0 Å². The number of aryl methyl sites for hydroxylation is 1. The number of aliphatic hydroxyl groups excluding tert-OH is 1. The first-order valence-electron chi connectivity index (χ1n) is 7.24. The highest BCUT2D eigenvalue weighted by Gasteiger charge is 2.07. The Morgan fingerprint density at radius 2 is 1.95 bits per heavy atom. The Balaban J connectivity index is 1.63. The zero-order valence-corrected chi connectivity index (χ0v) is 12.1. The SMILES string of the molecule is Cc1ccc2[nH]cc(CNCC(O)c3ccccc3)c2c1. The molecular weight excluding hydrogens is 260 g/mol. The van der Waals surface area contributed by atoms with E-state index in [1.54, 1.807) is 0 Å². The van der Waals surface area contributed by atoms with Gasteiger partial charge < -0.3 is 15.4 Å². The van der Waals surface area contributed by atoms with Crippen LogP contribution in [-0.4, -0.2) is 16.6 Å². The minimum Gasteiger partial charge on any atom is -0.387 e. The Morgan fingerprint density at radius 1 is 1.14 bits per heavy atom. The minimum absolute atomic E-state index is 0.474. The minimum atomic E-state index is -0.474. The van der Waals surface area contributed by atoms with Gasteiger partial charge in [-0.3, -0.25) is 0 Å². The molecule has 0 fully saturated rings. The molecule has 0 bridgehead atoms. The van der Waals surface area contributed by atoms with Crippen LogP contribution in [0.1, 0.15) is 22.8 Å². The Morgan fingerprint density at radius 3 is 2.76 bits per heavy atom. The largest absolute Gasteiger partial charge is 0.387 e.